The van der Waals surface area contributed by atoms with Crippen molar-refractivity contribution in [1.82, 2.24) is 30.0 Å². The molecule has 2 saturated carbocycles. The van der Waals surface area contributed by atoms with Crippen molar-refractivity contribution in [1.29, 1.82) is 0 Å². The Morgan fingerprint density at radius 1 is 1.12 bits per heavy atom. The summed E-state index contributed by atoms with van der Waals surface area (Å²) in [4.78, 5) is 32.5. The number of hydrogen-bond donors (Lipinski definition) is 2. The minimum Gasteiger partial charge on any atom is -0.483 e. The second kappa shape index (κ2) is 10.9. The van der Waals surface area contributed by atoms with E-state index in [2.05, 4.69) is 36.2 Å². The van der Waals surface area contributed by atoms with Gasteiger partial charge in [0.25, 0.3) is 6.47 Å². The predicted octanol–water partition coefficient (Wildman–Crippen LogP) is 3.05. The summed E-state index contributed by atoms with van der Waals surface area (Å²) in [6, 6.07) is 2.60. The molecule has 9 heteroatoms. The Morgan fingerprint density at radius 2 is 1.82 bits per heavy atom. The van der Waals surface area contributed by atoms with Crippen LogP contribution in [0.2, 0.25) is 0 Å². The van der Waals surface area contributed by atoms with Crippen LogP contribution in [0.15, 0.2) is 31.0 Å². The predicted molar refractivity (Wildman–Crippen MR) is 123 cm³/mol. The van der Waals surface area contributed by atoms with E-state index < -0.39 is 0 Å². The number of aromatic nitrogens is 4. The molecule has 0 spiro atoms. The van der Waals surface area contributed by atoms with Crippen molar-refractivity contribution in [3.8, 4) is 11.3 Å². The first-order valence-electron chi connectivity index (χ1n) is 12.1. The zero-order valence-corrected chi connectivity index (χ0v) is 19.1. The zero-order chi connectivity index (χ0) is 23.1. The Balaban J connectivity index is 0.000000821. The highest BCUT2D eigenvalue weighted by Gasteiger charge is 2.47. The third kappa shape index (κ3) is 5.24. The van der Waals surface area contributed by atoms with Gasteiger partial charge < -0.3 is 10.4 Å². The van der Waals surface area contributed by atoms with Crippen LogP contribution < -0.4 is 5.32 Å². The Labute approximate surface area is 194 Å². The zero-order valence-electron chi connectivity index (χ0n) is 19.1. The Bertz CT molecular complexity index is 898. The van der Waals surface area contributed by atoms with Gasteiger partial charge in [0, 0.05) is 24.0 Å². The summed E-state index contributed by atoms with van der Waals surface area (Å²) in [5.74, 6) is 0.301. The van der Waals surface area contributed by atoms with Crippen molar-refractivity contribution >= 4 is 12.4 Å². The Hall–Kier alpha value is -2.81. The van der Waals surface area contributed by atoms with Crippen molar-refractivity contribution in [3.63, 3.8) is 0 Å². The third-order valence-corrected chi connectivity index (χ3v) is 7.45. The first-order chi connectivity index (χ1) is 16.2. The molecule has 2 N–H and O–H groups in total. The maximum Gasteiger partial charge on any atom is 0.290 e. The van der Waals surface area contributed by atoms with Gasteiger partial charge in [-0.15, -0.1) is 0 Å². The van der Waals surface area contributed by atoms with Gasteiger partial charge in [-0.05, 0) is 70.5 Å². The van der Waals surface area contributed by atoms with Crippen molar-refractivity contribution in [3.05, 3.63) is 31.0 Å². The number of likely N-dealkylation sites (tertiary alicyclic amines) is 1. The normalized spacial score (nSPS) is 24.6. The summed E-state index contributed by atoms with van der Waals surface area (Å²) < 4.78 is 2.08. The summed E-state index contributed by atoms with van der Waals surface area (Å²) in [5, 5.41) is 14.9. The molecule has 0 unspecified atom stereocenters. The molecule has 178 valence electrons. The van der Waals surface area contributed by atoms with E-state index >= 15 is 0 Å². The summed E-state index contributed by atoms with van der Waals surface area (Å²) in [6.07, 6.45) is 18.4. The molecule has 2 aromatic heterocycles. The fraction of sp³-hybridized carbons (Fsp3) is 0.625. The van der Waals surface area contributed by atoms with Gasteiger partial charge in [0.1, 0.15) is 11.9 Å². The molecule has 2 aromatic rings. The number of hydrogen-bond acceptors (Lipinski definition) is 6. The van der Waals surface area contributed by atoms with Gasteiger partial charge in [-0.3, -0.25) is 19.2 Å². The van der Waals surface area contributed by atoms with E-state index in [1.54, 1.807) is 12.5 Å². The van der Waals surface area contributed by atoms with E-state index in [0.29, 0.717) is 18.0 Å². The van der Waals surface area contributed by atoms with Crippen LogP contribution in [0.4, 0.5) is 0 Å². The van der Waals surface area contributed by atoms with Crippen LogP contribution in [0.1, 0.15) is 70.3 Å². The van der Waals surface area contributed by atoms with Gasteiger partial charge in [-0.1, -0.05) is 12.8 Å². The number of rotatable bonds is 5. The molecule has 0 bridgehead atoms. The Kier molecular flexibility index (Phi) is 7.69. The SMILES string of the molecule is O=C(NC1CCC(n2cc(-c3ccncn3)cn2)CC1)C1(N2CCCC2)CCCC1.O=CO. The summed E-state index contributed by atoms with van der Waals surface area (Å²) in [5.41, 5.74) is 1.71. The molecular formula is C24H34N6O3. The fourth-order valence-electron chi connectivity index (χ4n) is 5.73. The molecule has 9 nitrogen and oxygen atoms in total. The monoisotopic (exact) mass is 454 g/mol. The topological polar surface area (TPSA) is 113 Å². The van der Waals surface area contributed by atoms with Crippen LogP contribution in [-0.4, -0.2) is 66.8 Å². The van der Waals surface area contributed by atoms with E-state index in [1.165, 1.54) is 25.7 Å². The van der Waals surface area contributed by atoms with E-state index in [-0.39, 0.29) is 12.0 Å². The van der Waals surface area contributed by atoms with Crippen molar-refractivity contribution in [2.45, 2.75) is 81.8 Å². The van der Waals surface area contributed by atoms with Gasteiger partial charge in [0.05, 0.1) is 17.9 Å². The molecular weight excluding hydrogens is 420 g/mol. The standard InChI is InChI=1S/C23H32N6O.CH2O2/c30-22(23(10-1-2-11-23)28-13-3-4-14-28)27-19-5-7-20(8-6-19)29-16-18(15-26-29)21-9-12-24-17-25-21;2-1-3/h9,12,15-17,19-20H,1-8,10-11,13-14H2,(H,27,30);1H,(H,2,3). The maximum atomic E-state index is 13.4. The van der Waals surface area contributed by atoms with E-state index in [1.807, 2.05) is 12.3 Å². The summed E-state index contributed by atoms with van der Waals surface area (Å²) in [6.45, 7) is 1.93. The lowest BCUT2D eigenvalue weighted by Gasteiger charge is -2.39. The van der Waals surface area contributed by atoms with Crippen molar-refractivity contribution < 1.29 is 14.7 Å². The number of carboxylic acid groups (broad SMARTS) is 1. The van der Waals surface area contributed by atoms with E-state index in [0.717, 1.165) is 62.9 Å². The van der Waals surface area contributed by atoms with Gasteiger partial charge in [-0.2, -0.15) is 5.10 Å². The number of nitrogens with one attached hydrogen (secondary N) is 1. The largest absolute Gasteiger partial charge is 0.483 e. The molecule has 5 rings (SSSR count). The molecule has 3 fully saturated rings. The highest BCUT2D eigenvalue weighted by Crippen LogP contribution is 2.38. The highest BCUT2D eigenvalue weighted by molar-refractivity contribution is 5.87. The highest BCUT2D eigenvalue weighted by atomic mass is 16.3. The van der Waals surface area contributed by atoms with Crippen LogP contribution in [-0.2, 0) is 9.59 Å². The van der Waals surface area contributed by atoms with Gasteiger partial charge in [0.2, 0.25) is 5.91 Å². The maximum absolute atomic E-state index is 13.4. The van der Waals surface area contributed by atoms with Gasteiger partial charge >= 0.3 is 0 Å². The van der Waals surface area contributed by atoms with Crippen LogP contribution in [0.25, 0.3) is 11.3 Å². The third-order valence-electron chi connectivity index (χ3n) is 7.45. The van der Waals surface area contributed by atoms with Crippen LogP contribution >= 0.6 is 0 Å². The van der Waals surface area contributed by atoms with Crippen LogP contribution in [0, 0.1) is 0 Å². The molecule has 1 saturated heterocycles. The average Bonchev–Trinajstić information content (AvgIpc) is 3.63. The summed E-state index contributed by atoms with van der Waals surface area (Å²) in [7, 11) is 0. The number of carbonyl (C=O) groups is 2. The molecule has 1 aliphatic heterocycles. The average molecular weight is 455 g/mol. The number of carbonyl (C=O) groups excluding carboxylic acids is 1. The van der Waals surface area contributed by atoms with Crippen molar-refractivity contribution in [2.75, 3.05) is 13.1 Å². The quantitative estimate of drug-likeness (QED) is 0.668. The first kappa shape index (κ1) is 23.4. The molecule has 0 atom stereocenters. The second-order valence-corrected chi connectivity index (χ2v) is 9.32. The van der Waals surface area contributed by atoms with E-state index in [9.17, 15) is 4.79 Å². The molecule has 2 aliphatic carbocycles. The number of nitrogens with zero attached hydrogens (tertiary/aromatic N) is 5. The summed E-state index contributed by atoms with van der Waals surface area (Å²) >= 11 is 0. The van der Waals surface area contributed by atoms with Crippen molar-refractivity contribution in [2.24, 2.45) is 0 Å². The van der Waals surface area contributed by atoms with Crippen LogP contribution in [0.3, 0.4) is 0 Å². The van der Waals surface area contributed by atoms with Gasteiger partial charge in [0.15, 0.2) is 0 Å². The lowest BCUT2D eigenvalue weighted by Crippen LogP contribution is -2.58. The van der Waals surface area contributed by atoms with Gasteiger partial charge in [-0.25, -0.2) is 9.97 Å². The number of amides is 1. The molecule has 33 heavy (non-hydrogen) atoms. The molecule has 0 aromatic carbocycles. The molecule has 3 heterocycles. The smallest absolute Gasteiger partial charge is 0.290 e. The first-order valence-corrected chi connectivity index (χ1v) is 12.1. The second-order valence-electron chi connectivity index (χ2n) is 9.32. The molecule has 0 radical (unpaired) electrons. The Morgan fingerprint density at radius 3 is 2.45 bits per heavy atom. The van der Waals surface area contributed by atoms with E-state index in [4.69, 9.17) is 9.90 Å². The lowest BCUT2D eigenvalue weighted by molar-refractivity contribution is -0.134. The minimum atomic E-state index is -0.250. The molecule has 3 aliphatic rings. The lowest BCUT2D eigenvalue weighted by atomic mass is 9.89. The van der Waals surface area contributed by atoms with Crippen LogP contribution in [0.5, 0.6) is 0 Å². The molecule has 1 amide bonds. The minimum absolute atomic E-state index is 0.220. The fourth-order valence-corrected chi connectivity index (χ4v) is 5.73.